The number of hydrogen-bond donors (Lipinski definition) is 1. The Kier molecular flexibility index (Phi) is 7.34. The largest absolute Gasteiger partial charge is 0.496 e. The number of halogens is 1. The van der Waals surface area contributed by atoms with Crippen molar-refractivity contribution in [2.45, 2.75) is 51.0 Å². The molecule has 1 unspecified atom stereocenters. The molecule has 1 N–H and O–H groups in total. The SMILES string of the molecule is COc1ccccc1[C@H](Cn1c(=O)n(C2CCNC2=O)c(=O)c2c(C)c(Br)sc21)OC1CCOCC1. The molecule has 2 aliphatic rings. The van der Waals surface area contributed by atoms with E-state index in [4.69, 9.17) is 14.2 Å². The predicted molar refractivity (Wildman–Crippen MR) is 140 cm³/mol. The Balaban J connectivity index is 1.67. The second-order valence-corrected chi connectivity index (χ2v) is 11.3. The minimum atomic E-state index is -0.833. The first-order chi connectivity index (χ1) is 17.4. The number of fused-ring (bicyclic) bond motifs is 1. The summed E-state index contributed by atoms with van der Waals surface area (Å²) >= 11 is 4.88. The minimum absolute atomic E-state index is 0.0387. The molecule has 0 spiro atoms. The van der Waals surface area contributed by atoms with Crippen LogP contribution in [0.15, 0.2) is 37.6 Å². The van der Waals surface area contributed by atoms with Crippen LogP contribution < -0.4 is 21.3 Å². The van der Waals surface area contributed by atoms with E-state index in [2.05, 4.69) is 21.2 Å². The van der Waals surface area contributed by atoms with Crippen molar-refractivity contribution in [3.05, 3.63) is 60.0 Å². The van der Waals surface area contributed by atoms with E-state index in [9.17, 15) is 14.4 Å². The third-order valence-corrected chi connectivity index (χ3v) is 9.06. The lowest BCUT2D eigenvalue weighted by Crippen LogP contribution is -2.44. The van der Waals surface area contributed by atoms with Crippen molar-refractivity contribution in [3.8, 4) is 5.75 Å². The molecule has 9 nitrogen and oxygen atoms in total. The average Bonchev–Trinajstić information content (AvgIpc) is 3.44. The first kappa shape index (κ1) is 25.2. The van der Waals surface area contributed by atoms with Crippen LogP contribution in [0.3, 0.4) is 0 Å². The molecule has 3 aromatic rings. The summed E-state index contributed by atoms with van der Waals surface area (Å²) in [5.41, 5.74) is 0.612. The van der Waals surface area contributed by atoms with E-state index >= 15 is 0 Å². The number of aryl methyl sites for hydroxylation is 1. The number of hydrogen-bond acceptors (Lipinski definition) is 7. The van der Waals surface area contributed by atoms with Gasteiger partial charge in [0.15, 0.2) is 0 Å². The highest BCUT2D eigenvalue weighted by Crippen LogP contribution is 2.36. The minimum Gasteiger partial charge on any atom is -0.496 e. The fourth-order valence-electron chi connectivity index (χ4n) is 4.96. The quantitative estimate of drug-likeness (QED) is 0.462. The monoisotopic (exact) mass is 577 g/mol. The first-order valence-corrected chi connectivity index (χ1v) is 13.6. The normalized spacial score (nSPS) is 19.5. The summed E-state index contributed by atoms with van der Waals surface area (Å²) in [5.74, 6) is 0.345. The maximum atomic E-state index is 13.9. The van der Waals surface area contributed by atoms with Crippen LogP contribution in [0.25, 0.3) is 10.2 Å². The van der Waals surface area contributed by atoms with Gasteiger partial charge in [-0.3, -0.25) is 14.2 Å². The Morgan fingerprint density at radius 1 is 1.19 bits per heavy atom. The molecule has 2 fully saturated rings. The molecule has 192 valence electrons. The van der Waals surface area contributed by atoms with Crippen molar-refractivity contribution >= 4 is 43.4 Å². The Labute approximate surface area is 220 Å². The van der Waals surface area contributed by atoms with Crippen LogP contribution in [0.1, 0.15) is 42.5 Å². The number of nitrogens with one attached hydrogen (secondary N) is 1. The summed E-state index contributed by atoms with van der Waals surface area (Å²) in [4.78, 5) is 40.5. The molecule has 36 heavy (non-hydrogen) atoms. The summed E-state index contributed by atoms with van der Waals surface area (Å²) in [6.45, 7) is 3.66. The standard InChI is InChI=1S/C25H28BrN3O6S/c1-14-20-23(31)29(17-7-10-27-22(17)30)25(32)28(24(20)36-21(14)26)13-19(35-15-8-11-34-12-9-15)16-5-3-4-6-18(16)33-2/h3-6,15,17,19H,7-13H2,1-2H3,(H,27,30)/t17?,19-/m0/s1. The van der Waals surface area contributed by atoms with Crippen LogP contribution in [0, 0.1) is 6.92 Å². The molecular weight excluding hydrogens is 550 g/mol. The molecule has 1 amide bonds. The van der Waals surface area contributed by atoms with Crippen LogP contribution in [-0.4, -0.2) is 48.0 Å². The molecular formula is C25H28BrN3O6S. The topological polar surface area (TPSA) is 101 Å². The van der Waals surface area contributed by atoms with E-state index in [0.717, 1.165) is 32.3 Å². The van der Waals surface area contributed by atoms with Gasteiger partial charge in [0.2, 0.25) is 5.91 Å². The van der Waals surface area contributed by atoms with E-state index in [1.807, 2.05) is 31.2 Å². The lowest BCUT2D eigenvalue weighted by Gasteiger charge is -2.29. The maximum Gasteiger partial charge on any atom is 0.332 e. The third-order valence-electron chi connectivity index (χ3n) is 6.88. The van der Waals surface area contributed by atoms with Gasteiger partial charge < -0.3 is 19.5 Å². The van der Waals surface area contributed by atoms with Crippen LogP contribution >= 0.6 is 27.3 Å². The van der Waals surface area contributed by atoms with Gasteiger partial charge in [0.1, 0.15) is 22.7 Å². The molecule has 2 saturated heterocycles. The second-order valence-electron chi connectivity index (χ2n) is 9.02. The highest BCUT2D eigenvalue weighted by Gasteiger charge is 2.33. The van der Waals surface area contributed by atoms with Gasteiger partial charge in [0.25, 0.3) is 5.56 Å². The number of carbonyl (C=O) groups is 1. The van der Waals surface area contributed by atoms with Crippen molar-refractivity contribution < 1.29 is 19.0 Å². The Bertz CT molecular complexity index is 1410. The third kappa shape index (κ3) is 4.53. The summed E-state index contributed by atoms with van der Waals surface area (Å²) < 4.78 is 21.2. The van der Waals surface area contributed by atoms with Crippen molar-refractivity contribution in [2.75, 3.05) is 26.9 Å². The Morgan fingerprint density at radius 2 is 1.94 bits per heavy atom. The number of para-hydroxylation sites is 1. The van der Waals surface area contributed by atoms with Crippen LogP contribution in [0.2, 0.25) is 0 Å². The molecule has 0 bridgehead atoms. The van der Waals surface area contributed by atoms with Gasteiger partial charge in [0.05, 0.1) is 28.9 Å². The lowest BCUT2D eigenvalue weighted by atomic mass is 10.1. The smallest absolute Gasteiger partial charge is 0.332 e. The van der Waals surface area contributed by atoms with Crippen LogP contribution in [-0.2, 0) is 20.8 Å². The first-order valence-electron chi connectivity index (χ1n) is 12.0. The van der Waals surface area contributed by atoms with Gasteiger partial charge in [-0.15, -0.1) is 11.3 Å². The molecule has 2 aromatic heterocycles. The molecule has 1 aromatic carbocycles. The van der Waals surface area contributed by atoms with E-state index in [0.29, 0.717) is 42.1 Å². The summed E-state index contributed by atoms with van der Waals surface area (Å²) in [6, 6.07) is 6.76. The molecule has 4 heterocycles. The maximum absolute atomic E-state index is 13.9. The van der Waals surface area contributed by atoms with Crippen LogP contribution in [0.5, 0.6) is 5.75 Å². The highest BCUT2D eigenvalue weighted by atomic mass is 79.9. The molecule has 2 aliphatic heterocycles. The number of carbonyl (C=O) groups excluding carboxylic acids is 1. The zero-order valence-corrected chi connectivity index (χ0v) is 22.5. The molecule has 5 rings (SSSR count). The van der Waals surface area contributed by atoms with E-state index in [-0.39, 0.29) is 18.6 Å². The Hall–Kier alpha value is -2.47. The number of rotatable bonds is 7. The summed E-state index contributed by atoms with van der Waals surface area (Å²) in [6.07, 6.45) is 1.33. The van der Waals surface area contributed by atoms with Gasteiger partial charge in [-0.05, 0) is 53.7 Å². The summed E-state index contributed by atoms with van der Waals surface area (Å²) in [7, 11) is 1.60. The van der Waals surface area contributed by atoms with Crippen molar-refractivity contribution in [2.24, 2.45) is 0 Å². The zero-order chi connectivity index (χ0) is 25.4. The molecule has 0 radical (unpaired) electrons. The van der Waals surface area contributed by atoms with Gasteiger partial charge in [-0.2, -0.15) is 0 Å². The number of ether oxygens (including phenoxy) is 3. The zero-order valence-electron chi connectivity index (χ0n) is 20.1. The fourth-order valence-corrected chi connectivity index (χ4v) is 6.65. The van der Waals surface area contributed by atoms with E-state index in [1.165, 1.54) is 11.3 Å². The fraction of sp³-hybridized carbons (Fsp3) is 0.480. The van der Waals surface area contributed by atoms with E-state index < -0.39 is 23.4 Å². The van der Waals surface area contributed by atoms with Crippen molar-refractivity contribution in [3.63, 3.8) is 0 Å². The van der Waals surface area contributed by atoms with Gasteiger partial charge in [0, 0.05) is 25.3 Å². The van der Waals surface area contributed by atoms with Crippen molar-refractivity contribution in [1.29, 1.82) is 0 Å². The van der Waals surface area contributed by atoms with Gasteiger partial charge in [-0.1, -0.05) is 18.2 Å². The van der Waals surface area contributed by atoms with Gasteiger partial charge >= 0.3 is 5.69 Å². The number of methoxy groups -OCH3 is 1. The number of benzene rings is 1. The predicted octanol–water partition coefficient (Wildman–Crippen LogP) is 3.30. The summed E-state index contributed by atoms with van der Waals surface area (Å²) in [5, 5.41) is 3.18. The Morgan fingerprint density at radius 3 is 2.64 bits per heavy atom. The van der Waals surface area contributed by atoms with E-state index in [1.54, 1.807) is 11.7 Å². The second kappa shape index (κ2) is 10.5. The lowest BCUT2D eigenvalue weighted by molar-refractivity contribution is -0.122. The van der Waals surface area contributed by atoms with Gasteiger partial charge in [-0.25, -0.2) is 9.36 Å². The molecule has 0 saturated carbocycles. The highest BCUT2D eigenvalue weighted by molar-refractivity contribution is 9.11. The molecule has 0 aliphatic carbocycles. The number of thiophene rings is 1. The number of aromatic nitrogens is 2. The average molecular weight is 578 g/mol. The molecule has 2 atom stereocenters. The van der Waals surface area contributed by atoms with Crippen molar-refractivity contribution in [1.82, 2.24) is 14.5 Å². The molecule has 11 heteroatoms. The number of nitrogens with zero attached hydrogens (tertiary/aromatic N) is 2. The van der Waals surface area contributed by atoms with Crippen LogP contribution in [0.4, 0.5) is 0 Å². The number of amides is 1.